The first-order valence-corrected chi connectivity index (χ1v) is 3.47. The van der Waals surface area contributed by atoms with Crippen LogP contribution in [0.15, 0.2) is 11.9 Å². The van der Waals surface area contributed by atoms with Gasteiger partial charge in [0.05, 0.1) is 13.2 Å². The van der Waals surface area contributed by atoms with Gasteiger partial charge >= 0.3 is 0 Å². The third-order valence-corrected chi connectivity index (χ3v) is 1.19. The van der Waals surface area contributed by atoms with E-state index in [1.807, 2.05) is 13.8 Å². The number of nitrogens with one attached hydrogen (secondary N) is 2. The van der Waals surface area contributed by atoms with Gasteiger partial charge in [-0.3, -0.25) is 0 Å². The lowest BCUT2D eigenvalue weighted by Crippen LogP contribution is -3.01. The van der Waals surface area contributed by atoms with Gasteiger partial charge in [0.15, 0.2) is 0 Å². The van der Waals surface area contributed by atoms with E-state index in [4.69, 9.17) is 0 Å². The number of quaternary nitrogens is 1. The minimum atomic E-state index is 0.119. The van der Waals surface area contributed by atoms with Crippen molar-refractivity contribution < 1.29 is 5.06 Å². The van der Waals surface area contributed by atoms with Crippen molar-refractivity contribution in [1.82, 2.24) is 5.32 Å². The molecule has 0 aliphatic heterocycles. The molecule has 0 fully saturated rings. The number of hydrogen-bond acceptors (Lipinski definition) is 2. The molecule has 10 heavy (non-hydrogen) atoms. The SMILES string of the molecule is C/C(=C\NC(C)C)[NH+](C)[O-]. The van der Waals surface area contributed by atoms with Gasteiger partial charge in [0.25, 0.3) is 0 Å². The summed E-state index contributed by atoms with van der Waals surface area (Å²) in [5.41, 5.74) is 0.772. The van der Waals surface area contributed by atoms with E-state index in [2.05, 4.69) is 5.32 Å². The van der Waals surface area contributed by atoms with Crippen LogP contribution in [0.1, 0.15) is 20.8 Å². The zero-order valence-electron chi connectivity index (χ0n) is 7.06. The van der Waals surface area contributed by atoms with E-state index in [0.29, 0.717) is 6.04 Å². The van der Waals surface area contributed by atoms with Gasteiger partial charge in [-0.25, -0.2) is 0 Å². The molecule has 0 aromatic carbocycles. The summed E-state index contributed by atoms with van der Waals surface area (Å²) in [7, 11) is 1.56. The zero-order valence-corrected chi connectivity index (χ0v) is 7.06. The maximum atomic E-state index is 10.6. The Morgan fingerprint density at radius 3 is 2.40 bits per heavy atom. The van der Waals surface area contributed by atoms with Crippen molar-refractivity contribution in [3.63, 3.8) is 0 Å². The van der Waals surface area contributed by atoms with Crippen LogP contribution in [0.3, 0.4) is 0 Å². The van der Waals surface area contributed by atoms with E-state index < -0.39 is 0 Å². The maximum Gasteiger partial charge on any atom is 0.120 e. The lowest BCUT2D eigenvalue weighted by atomic mass is 10.4. The summed E-state index contributed by atoms with van der Waals surface area (Å²) in [5.74, 6) is 0. The van der Waals surface area contributed by atoms with Crippen LogP contribution in [0.25, 0.3) is 0 Å². The average Bonchev–Trinajstić information content (AvgIpc) is 1.82. The molecular formula is C7H16N2O. The molecule has 3 nitrogen and oxygen atoms in total. The summed E-state index contributed by atoms with van der Waals surface area (Å²) in [6, 6.07) is 0.397. The molecular weight excluding hydrogens is 128 g/mol. The highest BCUT2D eigenvalue weighted by molar-refractivity contribution is 4.85. The Balaban J connectivity index is 3.69. The Morgan fingerprint density at radius 1 is 1.60 bits per heavy atom. The first-order chi connectivity index (χ1) is 4.54. The van der Waals surface area contributed by atoms with Crippen LogP contribution < -0.4 is 10.4 Å². The second-order valence-corrected chi connectivity index (χ2v) is 2.70. The summed E-state index contributed by atoms with van der Waals surface area (Å²) in [6.45, 7) is 5.87. The van der Waals surface area contributed by atoms with E-state index >= 15 is 0 Å². The largest absolute Gasteiger partial charge is 0.629 e. The molecule has 0 amide bonds. The summed E-state index contributed by atoms with van der Waals surface area (Å²) in [5, 5.41) is 13.8. The second-order valence-electron chi connectivity index (χ2n) is 2.70. The van der Waals surface area contributed by atoms with Crippen molar-refractivity contribution in [2.45, 2.75) is 26.8 Å². The molecule has 1 atom stereocenters. The molecule has 0 saturated heterocycles. The molecule has 0 aliphatic rings. The maximum absolute atomic E-state index is 10.6. The normalized spacial score (nSPS) is 15.6. The van der Waals surface area contributed by atoms with Crippen molar-refractivity contribution in [2.75, 3.05) is 7.05 Å². The smallest absolute Gasteiger partial charge is 0.120 e. The van der Waals surface area contributed by atoms with Crippen LogP contribution >= 0.6 is 0 Å². The highest BCUT2D eigenvalue weighted by Crippen LogP contribution is 1.79. The Kier molecular flexibility index (Phi) is 4.07. The molecule has 0 bridgehead atoms. The van der Waals surface area contributed by atoms with E-state index in [1.165, 1.54) is 0 Å². The van der Waals surface area contributed by atoms with Crippen LogP contribution in [0.2, 0.25) is 0 Å². The molecule has 0 aliphatic carbocycles. The minimum absolute atomic E-state index is 0.119. The number of hydroxylamine groups is 2. The van der Waals surface area contributed by atoms with Gasteiger partial charge in [0.1, 0.15) is 5.70 Å². The van der Waals surface area contributed by atoms with Crippen molar-refractivity contribution in [3.05, 3.63) is 17.1 Å². The van der Waals surface area contributed by atoms with Crippen LogP contribution in [0.5, 0.6) is 0 Å². The molecule has 0 rings (SSSR count). The van der Waals surface area contributed by atoms with E-state index in [-0.39, 0.29) is 5.06 Å². The van der Waals surface area contributed by atoms with Crippen molar-refractivity contribution >= 4 is 0 Å². The third-order valence-electron chi connectivity index (χ3n) is 1.19. The van der Waals surface area contributed by atoms with E-state index in [0.717, 1.165) is 5.70 Å². The van der Waals surface area contributed by atoms with Crippen molar-refractivity contribution in [1.29, 1.82) is 0 Å². The summed E-state index contributed by atoms with van der Waals surface area (Å²) < 4.78 is 0. The van der Waals surface area contributed by atoms with Crippen LogP contribution in [-0.2, 0) is 0 Å². The fourth-order valence-corrected chi connectivity index (χ4v) is 0.393. The molecule has 2 N–H and O–H groups in total. The van der Waals surface area contributed by atoms with Crippen LogP contribution in [-0.4, -0.2) is 13.1 Å². The Morgan fingerprint density at radius 2 is 2.10 bits per heavy atom. The first kappa shape index (κ1) is 9.46. The Bertz CT molecular complexity index is 119. The second kappa shape index (κ2) is 4.30. The predicted octanol–water partition coefficient (Wildman–Crippen LogP) is -0.142. The van der Waals surface area contributed by atoms with E-state index in [1.54, 1.807) is 20.2 Å². The lowest BCUT2D eigenvalue weighted by Gasteiger charge is -2.16. The number of allylic oxidation sites excluding steroid dienone is 1. The van der Waals surface area contributed by atoms with Gasteiger partial charge in [-0.05, 0) is 13.8 Å². The van der Waals surface area contributed by atoms with E-state index in [9.17, 15) is 5.21 Å². The fraction of sp³-hybridized carbons (Fsp3) is 0.714. The minimum Gasteiger partial charge on any atom is -0.629 e. The third kappa shape index (κ3) is 4.35. The quantitative estimate of drug-likeness (QED) is 0.541. The molecule has 0 saturated carbocycles. The fourth-order valence-electron chi connectivity index (χ4n) is 0.393. The molecule has 60 valence electrons. The van der Waals surface area contributed by atoms with Crippen molar-refractivity contribution in [3.8, 4) is 0 Å². The lowest BCUT2D eigenvalue weighted by molar-refractivity contribution is -0.782. The van der Waals surface area contributed by atoms with Gasteiger partial charge in [0, 0.05) is 13.0 Å². The summed E-state index contributed by atoms with van der Waals surface area (Å²) in [4.78, 5) is 0. The van der Waals surface area contributed by atoms with Crippen LogP contribution in [0.4, 0.5) is 0 Å². The number of hydrogen-bond donors (Lipinski definition) is 2. The molecule has 0 spiro atoms. The van der Waals surface area contributed by atoms with Gasteiger partial charge in [-0.15, -0.1) is 0 Å². The van der Waals surface area contributed by atoms with Gasteiger partial charge in [-0.2, -0.15) is 0 Å². The van der Waals surface area contributed by atoms with Gasteiger partial charge in [0.2, 0.25) is 0 Å². The summed E-state index contributed by atoms with van der Waals surface area (Å²) in [6.07, 6.45) is 1.76. The Hall–Kier alpha value is -0.540. The highest BCUT2D eigenvalue weighted by Gasteiger charge is 1.92. The standard InChI is InChI=1S/C7H16N2O/c1-6(2)8-5-7(3)9(4)10/h5-6,8-9H,1-4H3/b7-5+. The molecule has 1 unspecified atom stereocenters. The monoisotopic (exact) mass is 144 g/mol. The molecule has 0 aromatic heterocycles. The molecule has 0 heterocycles. The molecule has 3 heteroatoms. The summed E-state index contributed by atoms with van der Waals surface area (Å²) >= 11 is 0. The van der Waals surface area contributed by atoms with Crippen LogP contribution in [0, 0.1) is 5.21 Å². The number of rotatable bonds is 3. The van der Waals surface area contributed by atoms with Gasteiger partial charge in [-0.1, -0.05) is 0 Å². The predicted molar refractivity (Wildman–Crippen MR) is 42.3 cm³/mol. The molecule has 0 radical (unpaired) electrons. The topological polar surface area (TPSA) is 39.5 Å². The van der Waals surface area contributed by atoms with Gasteiger partial charge < -0.3 is 15.6 Å². The highest BCUT2D eigenvalue weighted by atomic mass is 16.5. The zero-order chi connectivity index (χ0) is 8.15. The average molecular weight is 144 g/mol. The van der Waals surface area contributed by atoms with Crippen molar-refractivity contribution in [2.24, 2.45) is 0 Å². The first-order valence-electron chi connectivity index (χ1n) is 3.47. The Labute approximate surface area is 62.3 Å². The molecule has 0 aromatic rings.